The standard InChI is InChI=1S/C23H22N2O3/c1-25(23(27)28-2)16-17-12-14-19(15-13-17)24-22(26)21-11-7-6-10-20(21)18-8-4-3-5-9-18/h3-15H,16H2,1-2H3,(H,24,26). The number of nitrogens with zero attached hydrogens (tertiary/aromatic N) is 1. The predicted octanol–water partition coefficient (Wildman–Crippen LogP) is 4.80. The van der Waals surface area contributed by atoms with E-state index in [1.54, 1.807) is 7.05 Å². The first-order valence-corrected chi connectivity index (χ1v) is 8.92. The van der Waals surface area contributed by atoms with Crippen LogP contribution in [-0.4, -0.2) is 31.1 Å². The Morgan fingerprint density at radius 3 is 2.21 bits per heavy atom. The van der Waals surface area contributed by atoms with Gasteiger partial charge in [-0.25, -0.2) is 4.79 Å². The Labute approximate surface area is 164 Å². The van der Waals surface area contributed by atoms with Crippen LogP contribution >= 0.6 is 0 Å². The number of carbonyl (C=O) groups excluding carboxylic acids is 2. The minimum atomic E-state index is -0.394. The Morgan fingerprint density at radius 1 is 0.893 bits per heavy atom. The van der Waals surface area contributed by atoms with Gasteiger partial charge in [-0.3, -0.25) is 4.79 Å². The molecule has 0 bridgehead atoms. The van der Waals surface area contributed by atoms with Crippen LogP contribution in [0.5, 0.6) is 0 Å². The highest BCUT2D eigenvalue weighted by atomic mass is 16.5. The fourth-order valence-electron chi connectivity index (χ4n) is 2.94. The second kappa shape index (κ2) is 8.86. The van der Waals surface area contributed by atoms with Crippen LogP contribution < -0.4 is 5.32 Å². The highest BCUT2D eigenvalue weighted by Gasteiger charge is 2.13. The molecule has 0 aliphatic carbocycles. The average Bonchev–Trinajstić information content (AvgIpc) is 2.75. The van der Waals surface area contributed by atoms with E-state index in [2.05, 4.69) is 10.1 Å². The van der Waals surface area contributed by atoms with Crippen LogP contribution in [0.15, 0.2) is 78.9 Å². The van der Waals surface area contributed by atoms with Crippen molar-refractivity contribution < 1.29 is 14.3 Å². The summed E-state index contributed by atoms with van der Waals surface area (Å²) in [5.74, 6) is -0.168. The first kappa shape index (κ1) is 19.2. The van der Waals surface area contributed by atoms with Crippen LogP contribution in [0.1, 0.15) is 15.9 Å². The molecule has 0 radical (unpaired) electrons. The van der Waals surface area contributed by atoms with Crippen LogP contribution in [0.4, 0.5) is 10.5 Å². The summed E-state index contributed by atoms with van der Waals surface area (Å²) in [5.41, 5.74) is 4.13. The highest BCUT2D eigenvalue weighted by Crippen LogP contribution is 2.24. The molecular weight excluding hydrogens is 352 g/mol. The lowest BCUT2D eigenvalue weighted by Crippen LogP contribution is -2.25. The SMILES string of the molecule is COC(=O)N(C)Cc1ccc(NC(=O)c2ccccc2-c2ccccc2)cc1. The zero-order valence-electron chi connectivity index (χ0n) is 15.9. The molecule has 2 amide bonds. The van der Waals surface area contributed by atoms with E-state index >= 15 is 0 Å². The molecule has 142 valence electrons. The first-order chi connectivity index (χ1) is 13.6. The van der Waals surface area contributed by atoms with Gasteiger partial charge in [-0.05, 0) is 34.9 Å². The number of carbonyl (C=O) groups is 2. The number of nitrogens with one attached hydrogen (secondary N) is 1. The number of rotatable bonds is 5. The van der Waals surface area contributed by atoms with Crippen LogP contribution in [-0.2, 0) is 11.3 Å². The number of benzene rings is 3. The zero-order valence-corrected chi connectivity index (χ0v) is 15.9. The molecule has 0 saturated carbocycles. The summed E-state index contributed by atoms with van der Waals surface area (Å²) in [6.45, 7) is 0.428. The molecule has 0 spiro atoms. The third kappa shape index (κ3) is 4.57. The largest absolute Gasteiger partial charge is 0.453 e. The summed E-state index contributed by atoms with van der Waals surface area (Å²) >= 11 is 0. The smallest absolute Gasteiger partial charge is 0.409 e. The summed E-state index contributed by atoms with van der Waals surface area (Å²) in [5, 5.41) is 2.94. The molecule has 5 heteroatoms. The van der Waals surface area contributed by atoms with Crippen molar-refractivity contribution in [3.05, 3.63) is 90.0 Å². The molecule has 1 N–H and O–H groups in total. The minimum absolute atomic E-state index is 0.168. The fourth-order valence-corrected chi connectivity index (χ4v) is 2.94. The molecule has 0 aliphatic heterocycles. The second-order valence-electron chi connectivity index (χ2n) is 6.39. The van der Waals surface area contributed by atoms with Crippen molar-refractivity contribution in [2.75, 3.05) is 19.5 Å². The van der Waals surface area contributed by atoms with Crippen molar-refractivity contribution in [3.8, 4) is 11.1 Å². The molecule has 28 heavy (non-hydrogen) atoms. The van der Waals surface area contributed by atoms with Crippen LogP contribution in [0, 0.1) is 0 Å². The molecule has 0 saturated heterocycles. The van der Waals surface area contributed by atoms with Crippen molar-refractivity contribution in [1.29, 1.82) is 0 Å². The maximum atomic E-state index is 12.8. The van der Waals surface area contributed by atoms with E-state index in [0.717, 1.165) is 16.7 Å². The Morgan fingerprint density at radius 2 is 1.54 bits per heavy atom. The van der Waals surface area contributed by atoms with Gasteiger partial charge in [-0.1, -0.05) is 60.7 Å². The Kier molecular flexibility index (Phi) is 6.07. The van der Waals surface area contributed by atoms with Crippen molar-refractivity contribution in [3.63, 3.8) is 0 Å². The van der Waals surface area contributed by atoms with Gasteiger partial charge in [-0.15, -0.1) is 0 Å². The van der Waals surface area contributed by atoms with Gasteiger partial charge in [-0.2, -0.15) is 0 Å². The summed E-state index contributed by atoms with van der Waals surface area (Å²) in [6, 6.07) is 24.8. The van der Waals surface area contributed by atoms with E-state index < -0.39 is 6.09 Å². The molecule has 3 aromatic carbocycles. The van der Waals surface area contributed by atoms with Crippen molar-refractivity contribution in [2.45, 2.75) is 6.54 Å². The second-order valence-corrected chi connectivity index (χ2v) is 6.39. The highest BCUT2D eigenvalue weighted by molar-refractivity contribution is 6.08. The number of hydrogen-bond donors (Lipinski definition) is 1. The van der Waals surface area contributed by atoms with E-state index in [1.165, 1.54) is 12.0 Å². The molecule has 3 aromatic rings. The van der Waals surface area contributed by atoms with E-state index in [9.17, 15) is 9.59 Å². The maximum Gasteiger partial charge on any atom is 0.409 e. The number of amides is 2. The third-order valence-corrected chi connectivity index (χ3v) is 4.37. The molecule has 0 fully saturated rings. The molecular formula is C23H22N2O3. The molecule has 0 atom stereocenters. The predicted molar refractivity (Wildman–Crippen MR) is 110 cm³/mol. The van der Waals surface area contributed by atoms with Gasteiger partial charge < -0.3 is 15.0 Å². The maximum absolute atomic E-state index is 12.8. The monoisotopic (exact) mass is 374 g/mol. The molecule has 0 unspecified atom stereocenters. The van der Waals surface area contributed by atoms with E-state index in [-0.39, 0.29) is 5.91 Å². The van der Waals surface area contributed by atoms with Gasteiger partial charge in [0.2, 0.25) is 0 Å². The Hall–Kier alpha value is -3.60. The number of ether oxygens (including phenoxy) is 1. The van der Waals surface area contributed by atoms with Gasteiger partial charge in [0, 0.05) is 24.8 Å². The van der Waals surface area contributed by atoms with Crippen LogP contribution in [0.3, 0.4) is 0 Å². The lowest BCUT2D eigenvalue weighted by atomic mass is 9.99. The van der Waals surface area contributed by atoms with Gasteiger partial charge in [0.15, 0.2) is 0 Å². The summed E-state index contributed by atoms with van der Waals surface area (Å²) in [6.07, 6.45) is -0.394. The average molecular weight is 374 g/mol. The Balaban J connectivity index is 1.73. The van der Waals surface area contributed by atoms with Gasteiger partial charge in [0.05, 0.1) is 7.11 Å². The summed E-state index contributed by atoms with van der Waals surface area (Å²) in [4.78, 5) is 25.8. The number of hydrogen-bond acceptors (Lipinski definition) is 3. The molecule has 0 aliphatic rings. The van der Waals surface area contributed by atoms with E-state index in [0.29, 0.717) is 17.8 Å². The van der Waals surface area contributed by atoms with Gasteiger partial charge in [0.1, 0.15) is 0 Å². The van der Waals surface area contributed by atoms with Gasteiger partial charge in [0.25, 0.3) is 5.91 Å². The van der Waals surface area contributed by atoms with E-state index in [4.69, 9.17) is 0 Å². The first-order valence-electron chi connectivity index (χ1n) is 8.92. The lowest BCUT2D eigenvalue weighted by Gasteiger charge is -2.15. The third-order valence-electron chi connectivity index (χ3n) is 4.37. The number of methoxy groups -OCH3 is 1. The molecule has 5 nitrogen and oxygen atoms in total. The van der Waals surface area contributed by atoms with Crippen molar-refractivity contribution >= 4 is 17.7 Å². The zero-order chi connectivity index (χ0) is 19.9. The summed E-state index contributed by atoms with van der Waals surface area (Å²) < 4.78 is 4.69. The van der Waals surface area contributed by atoms with Crippen molar-refractivity contribution in [1.82, 2.24) is 4.90 Å². The Bertz CT molecular complexity index is 953. The van der Waals surface area contributed by atoms with Crippen LogP contribution in [0.2, 0.25) is 0 Å². The van der Waals surface area contributed by atoms with Crippen LogP contribution in [0.25, 0.3) is 11.1 Å². The molecule has 3 rings (SSSR count). The minimum Gasteiger partial charge on any atom is -0.453 e. The molecule has 0 aromatic heterocycles. The quantitative estimate of drug-likeness (QED) is 0.698. The lowest BCUT2D eigenvalue weighted by molar-refractivity contribution is 0.102. The number of anilines is 1. The van der Waals surface area contributed by atoms with Gasteiger partial charge >= 0.3 is 6.09 Å². The topological polar surface area (TPSA) is 58.6 Å². The fraction of sp³-hybridized carbons (Fsp3) is 0.130. The summed E-state index contributed by atoms with van der Waals surface area (Å²) in [7, 11) is 3.02. The van der Waals surface area contributed by atoms with Crippen molar-refractivity contribution in [2.24, 2.45) is 0 Å². The van der Waals surface area contributed by atoms with E-state index in [1.807, 2.05) is 78.9 Å². The molecule has 0 heterocycles. The normalized spacial score (nSPS) is 10.2.